The maximum Gasteiger partial charge on any atom is 0.0972 e. The summed E-state index contributed by atoms with van der Waals surface area (Å²) in [6, 6.07) is 8.20. The minimum absolute atomic E-state index is 0.00484. The topological polar surface area (TPSA) is 35.2 Å². The Morgan fingerprint density at radius 3 is 2.28 bits per heavy atom. The van der Waals surface area contributed by atoms with Gasteiger partial charge >= 0.3 is 0 Å². The minimum Gasteiger partial charge on any atom is -0.372 e. The number of rotatable bonds is 7. The van der Waals surface area contributed by atoms with Gasteiger partial charge in [0.05, 0.1) is 6.10 Å². The molecular formula is C15H24BrNO. The Morgan fingerprint density at radius 1 is 1.17 bits per heavy atom. The van der Waals surface area contributed by atoms with Gasteiger partial charge in [0.1, 0.15) is 0 Å². The monoisotopic (exact) mass is 313 g/mol. The standard InChI is InChI=1S/C15H24BrNO/c1-11(2)5-4-10-18-15(12(3)17)13-6-8-14(16)9-7-13/h6-9,11-12,15H,4-5,10,17H2,1-3H3. The van der Waals surface area contributed by atoms with E-state index in [2.05, 4.69) is 41.9 Å². The van der Waals surface area contributed by atoms with E-state index in [4.69, 9.17) is 10.5 Å². The molecule has 0 aliphatic carbocycles. The molecule has 2 atom stereocenters. The number of hydrogen-bond acceptors (Lipinski definition) is 2. The lowest BCUT2D eigenvalue weighted by Crippen LogP contribution is -2.27. The molecule has 0 amide bonds. The van der Waals surface area contributed by atoms with E-state index >= 15 is 0 Å². The van der Waals surface area contributed by atoms with Gasteiger partial charge in [0.2, 0.25) is 0 Å². The highest BCUT2D eigenvalue weighted by Crippen LogP contribution is 2.23. The van der Waals surface area contributed by atoms with Crippen LogP contribution in [0.5, 0.6) is 0 Å². The van der Waals surface area contributed by atoms with Crippen LogP contribution in [0.15, 0.2) is 28.7 Å². The van der Waals surface area contributed by atoms with Gasteiger partial charge in [0, 0.05) is 17.1 Å². The third kappa shape index (κ3) is 5.51. The normalized spacial score (nSPS) is 14.8. The van der Waals surface area contributed by atoms with Crippen molar-refractivity contribution in [3.63, 3.8) is 0 Å². The molecule has 0 aliphatic rings. The molecule has 1 aromatic rings. The van der Waals surface area contributed by atoms with Gasteiger partial charge < -0.3 is 10.5 Å². The van der Waals surface area contributed by atoms with Crippen LogP contribution >= 0.6 is 15.9 Å². The molecule has 3 heteroatoms. The predicted molar refractivity (Wildman–Crippen MR) is 80.6 cm³/mol. The molecule has 0 spiro atoms. The first-order chi connectivity index (χ1) is 8.50. The quantitative estimate of drug-likeness (QED) is 0.762. The summed E-state index contributed by atoms with van der Waals surface area (Å²) in [4.78, 5) is 0. The van der Waals surface area contributed by atoms with Gasteiger partial charge in [-0.15, -0.1) is 0 Å². The lowest BCUT2D eigenvalue weighted by molar-refractivity contribution is 0.0348. The first-order valence-corrected chi connectivity index (χ1v) is 7.42. The van der Waals surface area contributed by atoms with Crippen LogP contribution in [0.25, 0.3) is 0 Å². The highest BCUT2D eigenvalue weighted by Gasteiger charge is 2.16. The summed E-state index contributed by atoms with van der Waals surface area (Å²) in [5, 5.41) is 0. The Hall–Kier alpha value is -0.380. The third-order valence-electron chi connectivity index (χ3n) is 2.90. The molecule has 18 heavy (non-hydrogen) atoms. The summed E-state index contributed by atoms with van der Waals surface area (Å²) in [7, 11) is 0. The Bertz CT molecular complexity index is 335. The smallest absolute Gasteiger partial charge is 0.0972 e. The summed E-state index contributed by atoms with van der Waals surface area (Å²) in [6.07, 6.45) is 2.29. The molecule has 2 nitrogen and oxygen atoms in total. The maximum atomic E-state index is 6.01. The van der Waals surface area contributed by atoms with Crippen LogP contribution in [0.2, 0.25) is 0 Å². The van der Waals surface area contributed by atoms with Crippen molar-refractivity contribution < 1.29 is 4.74 Å². The second-order valence-electron chi connectivity index (χ2n) is 5.24. The van der Waals surface area contributed by atoms with Gasteiger partial charge in [-0.1, -0.05) is 41.9 Å². The molecule has 0 fully saturated rings. The van der Waals surface area contributed by atoms with Crippen molar-refractivity contribution in [2.75, 3.05) is 6.61 Å². The summed E-state index contributed by atoms with van der Waals surface area (Å²) in [6.45, 7) is 7.24. The zero-order chi connectivity index (χ0) is 13.5. The van der Waals surface area contributed by atoms with Crippen molar-refractivity contribution in [1.29, 1.82) is 0 Å². The predicted octanol–water partition coefficient (Wildman–Crippen LogP) is 4.29. The van der Waals surface area contributed by atoms with Crippen molar-refractivity contribution in [2.45, 2.75) is 45.8 Å². The van der Waals surface area contributed by atoms with Crippen LogP contribution < -0.4 is 5.73 Å². The van der Waals surface area contributed by atoms with Crippen molar-refractivity contribution >= 4 is 15.9 Å². The molecular weight excluding hydrogens is 290 g/mol. The van der Waals surface area contributed by atoms with Crippen LogP contribution in [-0.4, -0.2) is 12.6 Å². The lowest BCUT2D eigenvalue weighted by atomic mass is 10.0. The van der Waals surface area contributed by atoms with Crippen molar-refractivity contribution in [3.8, 4) is 0 Å². The lowest BCUT2D eigenvalue weighted by Gasteiger charge is -2.22. The number of nitrogens with two attached hydrogens (primary N) is 1. The molecule has 102 valence electrons. The summed E-state index contributed by atoms with van der Waals surface area (Å²) >= 11 is 3.44. The second-order valence-corrected chi connectivity index (χ2v) is 6.15. The van der Waals surface area contributed by atoms with E-state index in [1.54, 1.807) is 0 Å². The molecule has 0 bridgehead atoms. The van der Waals surface area contributed by atoms with E-state index in [1.165, 1.54) is 6.42 Å². The number of benzene rings is 1. The highest BCUT2D eigenvalue weighted by atomic mass is 79.9. The van der Waals surface area contributed by atoms with Gasteiger partial charge in [0.25, 0.3) is 0 Å². The van der Waals surface area contributed by atoms with Crippen LogP contribution in [0.3, 0.4) is 0 Å². The Labute approximate surface area is 119 Å². The molecule has 0 radical (unpaired) electrons. The zero-order valence-corrected chi connectivity index (χ0v) is 13.1. The molecule has 0 aromatic heterocycles. The summed E-state index contributed by atoms with van der Waals surface area (Å²) in [5.74, 6) is 0.732. The van der Waals surface area contributed by atoms with E-state index in [9.17, 15) is 0 Å². The van der Waals surface area contributed by atoms with E-state index < -0.39 is 0 Å². The van der Waals surface area contributed by atoms with Crippen LogP contribution in [0.4, 0.5) is 0 Å². The average molecular weight is 314 g/mol. The van der Waals surface area contributed by atoms with Crippen molar-refractivity contribution in [1.82, 2.24) is 0 Å². The largest absolute Gasteiger partial charge is 0.372 e. The first kappa shape index (κ1) is 15.7. The SMILES string of the molecule is CC(C)CCCOC(c1ccc(Br)cc1)C(C)N. The van der Waals surface area contributed by atoms with Gasteiger partial charge in [0.15, 0.2) is 0 Å². The van der Waals surface area contributed by atoms with Crippen LogP contribution in [-0.2, 0) is 4.74 Å². The van der Waals surface area contributed by atoms with Gasteiger partial charge in [-0.3, -0.25) is 0 Å². The molecule has 0 heterocycles. The van der Waals surface area contributed by atoms with E-state index in [0.29, 0.717) is 0 Å². The number of ether oxygens (including phenoxy) is 1. The van der Waals surface area contributed by atoms with Gasteiger partial charge in [-0.05, 0) is 43.4 Å². The Kier molecular flexibility index (Phi) is 6.90. The zero-order valence-electron chi connectivity index (χ0n) is 11.5. The molecule has 2 N–H and O–H groups in total. The Morgan fingerprint density at radius 2 is 1.78 bits per heavy atom. The fourth-order valence-electron chi connectivity index (χ4n) is 1.91. The maximum absolute atomic E-state index is 6.01. The van der Waals surface area contributed by atoms with E-state index in [-0.39, 0.29) is 12.1 Å². The highest BCUT2D eigenvalue weighted by molar-refractivity contribution is 9.10. The van der Waals surface area contributed by atoms with Crippen LogP contribution in [0, 0.1) is 5.92 Å². The van der Waals surface area contributed by atoms with Gasteiger partial charge in [-0.2, -0.15) is 0 Å². The Balaban J connectivity index is 2.52. The van der Waals surface area contributed by atoms with Gasteiger partial charge in [-0.25, -0.2) is 0 Å². The molecule has 1 aromatic carbocycles. The summed E-state index contributed by atoms with van der Waals surface area (Å²) < 4.78 is 7.02. The van der Waals surface area contributed by atoms with Crippen molar-refractivity contribution in [2.24, 2.45) is 11.7 Å². The molecule has 0 saturated heterocycles. The van der Waals surface area contributed by atoms with E-state index in [0.717, 1.165) is 29.0 Å². The second kappa shape index (κ2) is 7.93. The van der Waals surface area contributed by atoms with Crippen molar-refractivity contribution in [3.05, 3.63) is 34.3 Å². The molecule has 1 rings (SSSR count). The molecule has 0 saturated carbocycles. The number of hydrogen-bond donors (Lipinski definition) is 1. The minimum atomic E-state index is -0.00902. The fraction of sp³-hybridized carbons (Fsp3) is 0.600. The fourth-order valence-corrected chi connectivity index (χ4v) is 2.17. The number of halogens is 1. The molecule has 0 aliphatic heterocycles. The summed E-state index contributed by atoms with van der Waals surface area (Å²) in [5.41, 5.74) is 7.16. The average Bonchev–Trinajstić information content (AvgIpc) is 2.30. The van der Waals surface area contributed by atoms with E-state index in [1.807, 2.05) is 19.1 Å². The van der Waals surface area contributed by atoms with Crippen LogP contribution in [0.1, 0.15) is 45.3 Å². The third-order valence-corrected chi connectivity index (χ3v) is 3.43. The first-order valence-electron chi connectivity index (χ1n) is 6.63. The molecule has 2 unspecified atom stereocenters.